The first kappa shape index (κ1) is 13.8. The summed E-state index contributed by atoms with van der Waals surface area (Å²) < 4.78 is 0. The summed E-state index contributed by atoms with van der Waals surface area (Å²) in [6, 6.07) is 1.68. The molecule has 0 saturated carbocycles. The molecule has 0 aliphatic carbocycles. The molecule has 0 unspecified atom stereocenters. The molecule has 1 N–H and O–H groups in total. The fourth-order valence-corrected chi connectivity index (χ4v) is 1.77. The zero-order valence-electron chi connectivity index (χ0n) is 10.5. The molecule has 0 radical (unpaired) electrons. The quantitative estimate of drug-likeness (QED) is 0.880. The van der Waals surface area contributed by atoms with E-state index in [1.165, 1.54) is 6.20 Å². The van der Waals surface area contributed by atoms with Crippen LogP contribution in [0.4, 0.5) is 5.82 Å². The molecule has 1 aromatic rings. The van der Waals surface area contributed by atoms with E-state index in [0.29, 0.717) is 22.9 Å². The van der Waals surface area contributed by atoms with Crippen LogP contribution >= 0.6 is 11.6 Å². The van der Waals surface area contributed by atoms with Gasteiger partial charge in [-0.1, -0.05) is 18.5 Å². The Kier molecular flexibility index (Phi) is 5.22. The molecule has 1 rings (SSSR count). The van der Waals surface area contributed by atoms with Crippen molar-refractivity contribution in [1.82, 2.24) is 9.88 Å². The minimum Gasteiger partial charge on any atom is -0.373 e. The summed E-state index contributed by atoms with van der Waals surface area (Å²) in [7, 11) is 1.76. The van der Waals surface area contributed by atoms with E-state index in [2.05, 4.69) is 10.3 Å². The molecule has 17 heavy (non-hydrogen) atoms. The second kappa shape index (κ2) is 6.45. The largest absolute Gasteiger partial charge is 0.373 e. The number of pyridine rings is 1. The van der Waals surface area contributed by atoms with Gasteiger partial charge in [0.2, 0.25) is 0 Å². The highest BCUT2D eigenvalue weighted by Gasteiger charge is 2.17. The average Bonchev–Trinajstić information content (AvgIpc) is 2.35. The van der Waals surface area contributed by atoms with Crippen LogP contribution in [0, 0.1) is 0 Å². The molecule has 0 fully saturated rings. The highest BCUT2D eigenvalue weighted by atomic mass is 35.5. The molecule has 0 bridgehead atoms. The van der Waals surface area contributed by atoms with Crippen LogP contribution in [0.15, 0.2) is 12.3 Å². The van der Waals surface area contributed by atoms with Crippen molar-refractivity contribution in [3.05, 3.63) is 22.8 Å². The number of hydrogen-bond donors (Lipinski definition) is 1. The fourth-order valence-electron chi connectivity index (χ4n) is 1.58. The van der Waals surface area contributed by atoms with Crippen molar-refractivity contribution < 1.29 is 4.79 Å². The SMILES string of the molecule is CCCN(CC)C(=O)c1cc(NC)ncc1Cl. The molecule has 0 aliphatic heterocycles. The lowest BCUT2D eigenvalue weighted by atomic mass is 10.2. The maximum atomic E-state index is 12.2. The summed E-state index contributed by atoms with van der Waals surface area (Å²) in [5.41, 5.74) is 0.501. The van der Waals surface area contributed by atoms with E-state index < -0.39 is 0 Å². The molecule has 1 aromatic heterocycles. The second-order valence-corrected chi connectivity index (χ2v) is 4.09. The standard InChI is InChI=1S/C12H18ClN3O/c1-4-6-16(5-2)12(17)9-7-11(14-3)15-8-10(9)13/h7-8H,4-6H2,1-3H3,(H,14,15). The molecule has 0 saturated heterocycles. The molecule has 94 valence electrons. The summed E-state index contributed by atoms with van der Waals surface area (Å²) in [6.45, 7) is 5.42. The van der Waals surface area contributed by atoms with Crippen molar-refractivity contribution in [2.75, 3.05) is 25.5 Å². The highest BCUT2D eigenvalue weighted by Crippen LogP contribution is 2.19. The van der Waals surface area contributed by atoms with Crippen molar-refractivity contribution in [2.24, 2.45) is 0 Å². The Balaban J connectivity index is 3.01. The predicted molar refractivity (Wildman–Crippen MR) is 70.7 cm³/mol. The minimum atomic E-state index is -0.0433. The van der Waals surface area contributed by atoms with Gasteiger partial charge >= 0.3 is 0 Å². The lowest BCUT2D eigenvalue weighted by Gasteiger charge is -2.20. The number of nitrogens with zero attached hydrogens (tertiary/aromatic N) is 2. The van der Waals surface area contributed by atoms with E-state index in [-0.39, 0.29) is 5.91 Å². The summed E-state index contributed by atoms with van der Waals surface area (Å²) in [5, 5.41) is 3.29. The Bertz CT molecular complexity index is 395. The predicted octanol–water partition coefficient (Wildman–Crippen LogP) is 2.65. The summed E-state index contributed by atoms with van der Waals surface area (Å²) >= 11 is 6.01. The molecule has 1 heterocycles. The Hall–Kier alpha value is -1.29. The maximum Gasteiger partial charge on any atom is 0.255 e. The van der Waals surface area contributed by atoms with Crippen LogP contribution in [0.1, 0.15) is 30.6 Å². The minimum absolute atomic E-state index is 0.0433. The number of hydrogen-bond acceptors (Lipinski definition) is 3. The van der Waals surface area contributed by atoms with Gasteiger partial charge in [0.05, 0.1) is 10.6 Å². The Morgan fingerprint density at radius 2 is 2.24 bits per heavy atom. The molecule has 4 nitrogen and oxygen atoms in total. The molecular weight excluding hydrogens is 238 g/mol. The van der Waals surface area contributed by atoms with Crippen molar-refractivity contribution in [3.63, 3.8) is 0 Å². The number of anilines is 1. The monoisotopic (exact) mass is 255 g/mol. The smallest absolute Gasteiger partial charge is 0.255 e. The van der Waals surface area contributed by atoms with Crippen molar-refractivity contribution in [1.29, 1.82) is 0 Å². The molecule has 0 atom stereocenters. The maximum absolute atomic E-state index is 12.2. The summed E-state index contributed by atoms with van der Waals surface area (Å²) in [5.74, 6) is 0.601. The summed E-state index contributed by atoms with van der Waals surface area (Å²) in [4.78, 5) is 18.1. The topological polar surface area (TPSA) is 45.2 Å². The van der Waals surface area contributed by atoms with Gasteiger partial charge in [-0.3, -0.25) is 4.79 Å². The van der Waals surface area contributed by atoms with Crippen LogP contribution in [-0.2, 0) is 0 Å². The van der Waals surface area contributed by atoms with Crippen molar-refractivity contribution in [3.8, 4) is 0 Å². The number of carbonyl (C=O) groups is 1. The van der Waals surface area contributed by atoms with E-state index in [1.807, 2.05) is 13.8 Å². The third-order valence-electron chi connectivity index (χ3n) is 2.50. The molecule has 5 heteroatoms. The molecular formula is C12H18ClN3O. The van der Waals surface area contributed by atoms with Gasteiger partial charge in [0, 0.05) is 26.3 Å². The number of rotatable bonds is 5. The zero-order valence-corrected chi connectivity index (χ0v) is 11.2. The zero-order chi connectivity index (χ0) is 12.8. The molecule has 0 spiro atoms. The van der Waals surface area contributed by atoms with Crippen LogP contribution in [-0.4, -0.2) is 35.9 Å². The van der Waals surface area contributed by atoms with E-state index in [4.69, 9.17) is 11.6 Å². The Morgan fingerprint density at radius 3 is 2.76 bits per heavy atom. The van der Waals surface area contributed by atoms with Gasteiger partial charge in [0.25, 0.3) is 5.91 Å². The van der Waals surface area contributed by atoms with Gasteiger partial charge in [0.15, 0.2) is 0 Å². The fraction of sp³-hybridized carbons (Fsp3) is 0.500. The average molecular weight is 256 g/mol. The molecule has 0 aliphatic rings. The van der Waals surface area contributed by atoms with Crippen molar-refractivity contribution in [2.45, 2.75) is 20.3 Å². The van der Waals surface area contributed by atoms with E-state index in [0.717, 1.165) is 13.0 Å². The van der Waals surface area contributed by atoms with Crippen LogP contribution in [0.2, 0.25) is 5.02 Å². The van der Waals surface area contributed by atoms with E-state index in [9.17, 15) is 4.79 Å². The van der Waals surface area contributed by atoms with Gasteiger partial charge in [-0.2, -0.15) is 0 Å². The highest BCUT2D eigenvalue weighted by molar-refractivity contribution is 6.33. The normalized spacial score (nSPS) is 10.1. The Labute approximate surface area is 107 Å². The van der Waals surface area contributed by atoms with Gasteiger partial charge < -0.3 is 10.2 Å². The first-order valence-electron chi connectivity index (χ1n) is 5.76. The first-order chi connectivity index (χ1) is 8.13. The second-order valence-electron chi connectivity index (χ2n) is 3.68. The van der Waals surface area contributed by atoms with Gasteiger partial charge in [-0.25, -0.2) is 4.98 Å². The first-order valence-corrected chi connectivity index (χ1v) is 6.14. The van der Waals surface area contributed by atoms with Gasteiger partial charge in [0.1, 0.15) is 5.82 Å². The number of aromatic nitrogens is 1. The lowest BCUT2D eigenvalue weighted by molar-refractivity contribution is 0.0764. The van der Waals surface area contributed by atoms with Crippen molar-refractivity contribution >= 4 is 23.3 Å². The number of halogens is 1. The van der Waals surface area contributed by atoms with E-state index >= 15 is 0 Å². The van der Waals surface area contributed by atoms with Crippen LogP contribution in [0.5, 0.6) is 0 Å². The van der Waals surface area contributed by atoms with Crippen LogP contribution in [0.3, 0.4) is 0 Å². The molecule has 1 amide bonds. The third kappa shape index (κ3) is 3.33. The van der Waals surface area contributed by atoms with Crippen LogP contribution in [0.25, 0.3) is 0 Å². The van der Waals surface area contributed by atoms with Gasteiger partial charge in [-0.15, -0.1) is 0 Å². The molecule has 0 aromatic carbocycles. The number of nitrogens with one attached hydrogen (secondary N) is 1. The summed E-state index contributed by atoms with van der Waals surface area (Å²) in [6.07, 6.45) is 2.43. The van der Waals surface area contributed by atoms with Crippen LogP contribution < -0.4 is 5.32 Å². The number of carbonyl (C=O) groups excluding carboxylic acids is 1. The Morgan fingerprint density at radius 1 is 1.53 bits per heavy atom. The third-order valence-corrected chi connectivity index (χ3v) is 2.81. The van der Waals surface area contributed by atoms with E-state index in [1.54, 1.807) is 18.0 Å². The number of amides is 1. The van der Waals surface area contributed by atoms with Gasteiger partial charge in [-0.05, 0) is 19.4 Å². The lowest BCUT2D eigenvalue weighted by Crippen LogP contribution is -2.31.